The molecule has 2 N–H and O–H groups in total. The lowest BCUT2D eigenvalue weighted by Crippen LogP contribution is -2.33. The Kier molecular flexibility index (Phi) is 3.37. The first-order valence-electron chi connectivity index (χ1n) is 4.86. The molecule has 76 valence electrons. The fraction of sp³-hybridized carbons (Fsp3) is 0.455. The molecule has 0 radical (unpaired) electrons. The Balaban J connectivity index is 2.20. The molecule has 0 amide bonds. The first-order valence-corrected chi connectivity index (χ1v) is 6.39. The second-order valence-corrected chi connectivity index (χ2v) is 5.28. The van der Waals surface area contributed by atoms with Crippen molar-refractivity contribution in [2.24, 2.45) is 5.73 Å². The lowest BCUT2D eigenvalue weighted by Gasteiger charge is -2.28. The first kappa shape index (κ1) is 10.3. The Morgan fingerprint density at radius 1 is 1.43 bits per heavy atom. The highest BCUT2D eigenvalue weighted by atomic mass is 35.5. The molecule has 0 aromatic heterocycles. The highest BCUT2D eigenvalue weighted by Gasteiger charge is 2.23. The summed E-state index contributed by atoms with van der Waals surface area (Å²) in [7, 11) is 0. The maximum absolute atomic E-state index is 6.10. The quantitative estimate of drug-likeness (QED) is 0.799. The Morgan fingerprint density at radius 2 is 2.29 bits per heavy atom. The van der Waals surface area contributed by atoms with Gasteiger partial charge in [0.1, 0.15) is 0 Å². The van der Waals surface area contributed by atoms with Gasteiger partial charge in [0.2, 0.25) is 0 Å². The maximum atomic E-state index is 6.10. The van der Waals surface area contributed by atoms with E-state index in [-0.39, 0.29) is 0 Å². The van der Waals surface area contributed by atoms with E-state index >= 15 is 0 Å². The van der Waals surface area contributed by atoms with Gasteiger partial charge in [-0.15, -0.1) is 0 Å². The number of nitrogens with two attached hydrogens (primary N) is 1. The summed E-state index contributed by atoms with van der Waals surface area (Å²) < 4.78 is 0. The van der Waals surface area contributed by atoms with Gasteiger partial charge in [-0.05, 0) is 29.9 Å². The van der Waals surface area contributed by atoms with Crippen LogP contribution in [0.15, 0.2) is 24.3 Å². The number of thioether (sulfide) groups is 1. The molecule has 14 heavy (non-hydrogen) atoms. The minimum atomic E-state index is 0.301. The van der Waals surface area contributed by atoms with Crippen LogP contribution < -0.4 is 5.73 Å². The zero-order valence-corrected chi connectivity index (χ0v) is 9.52. The topological polar surface area (TPSA) is 26.0 Å². The highest BCUT2D eigenvalue weighted by molar-refractivity contribution is 7.99. The van der Waals surface area contributed by atoms with Gasteiger partial charge >= 0.3 is 0 Å². The van der Waals surface area contributed by atoms with Gasteiger partial charge in [0.15, 0.2) is 0 Å². The van der Waals surface area contributed by atoms with Gasteiger partial charge in [0.25, 0.3) is 0 Å². The van der Waals surface area contributed by atoms with Gasteiger partial charge in [-0.25, -0.2) is 0 Å². The van der Waals surface area contributed by atoms with E-state index in [1.807, 2.05) is 30.0 Å². The molecule has 1 aromatic carbocycles. The smallest absolute Gasteiger partial charge is 0.0408 e. The van der Waals surface area contributed by atoms with Gasteiger partial charge in [-0.3, -0.25) is 0 Å². The molecule has 2 unspecified atom stereocenters. The predicted molar refractivity (Wildman–Crippen MR) is 64.1 cm³/mol. The van der Waals surface area contributed by atoms with Crippen molar-refractivity contribution in [3.63, 3.8) is 0 Å². The average molecular weight is 228 g/mol. The standard InChI is InChI=1S/C11H14ClNS/c12-9-3-1-2-8(6-9)10-7-14-5-4-11(10)13/h1-3,6,10-11H,4-5,7,13H2. The van der Waals surface area contributed by atoms with Crippen LogP contribution in [0.4, 0.5) is 0 Å². The lowest BCUT2D eigenvalue weighted by molar-refractivity contribution is 0.548. The van der Waals surface area contributed by atoms with Crippen molar-refractivity contribution in [3.05, 3.63) is 34.9 Å². The minimum absolute atomic E-state index is 0.301. The summed E-state index contributed by atoms with van der Waals surface area (Å²) in [5.74, 6) is 2.80. The maximum Gasteiger partial charge on any atom is 0.0408 e. The van der Waals surface area contributed by atoms with E-state index in [2.05, 4.69) is 6.07 Å². The lowest BCUT2D eigenvalue weighted by atomic mass is 9.92. The molecule has 1 aliphatic rings. The van der Waals surface area contributed by atoms with Crippen molar-refractivity contribution in [3.8, 4) is 0 Å². The summed E-state index contributed by atoms with van der Waals surface area (Å²) in [6.45, 7) is 0. The van der Waals surface area contributed by atoms with E-state index in [1.54, 1.807) is 0 Å². The number of rotatable bonds is 1. The molecule has 3 heteroatoms. The van der Waals surface area contributed by atoms with Crippen molar-refractivity contribution < 1.29 is 0 Å². The number of benzene rings is 1. The van der Waals surface area contributed by atoms with Gasteiger partial charge in [-0.2, -0.15) is 11.8 Å². The Bertz CT molecular complexity index is 316. The highest BCUT2D eigenvalue weighted by Crippen LogP contribution is 2.31. The molecular formula is C11H14ClNS. The summed E-state index contributed by atoms with van der Waals surface area (Å²) in [5.41, 5.74) is 7.39. The van der Waals surface area contributed by atoms with Crippen LogP contribution in [0.2, 0.25) is 5.02 Å². The Morgan fingerprint density at radius 3 is 3.00 bits per heavy atom. The summed E-state index contributed by atoms with van der Waals surface area (Å²) in [6.07, 6.45) is 1.11. The second-order valence-electron chi connectivity index (χ2n) is 3.69. The molecule has 1 saturated heterocycles. The Labute approximate surface area is 94.0 Å². The van der Waals surface area contributed by atoms with Crippen molar-refractivity contribution in [1.82, 2.24) is 0 Å². The molecule has 0 saturated carbocycles. The largest absolute Gasteiger partial charge is 0.327 e. The van der Waals surface area contributed by atoms with E-state index in [4.69, 9.17) is 17.3 Å². The molecule has 2 rings (SSSR count). The van der Waals surface area contributed by atoms with Gasteiger partial charge in [-0.1, -0.05) is 23.7 Å². The molecule has 1 nitrogen and oxygen atoms in total. The van der Waals surface area contributed by atoms with E-state index < -0.39 is 0 Å². The van der Waals surface area contributed by atoms with Crippen LogP contribution in [0.25, 0.3) is 0 Å². The molecular weight excluding hydrogens is 214 g/mol. The van der Waals surface area contributed by atoms with E-state index in [1.165, 1.54) is 11.3 Å². The average Bonchev–Trinajstić information content (AvgIpc) is 2.18. The number of hydrogen-bond acceptors (Lipinski definition) is 2. The van der Waals surface area contributed by atoms with Crippen molar-refractivity contribution in [2.75, 3.05) is 11.5 Å². The van der Waals surface area contributed by atoms with Crippen LogP contribution in [-0.4, -0.2) is 17.5 Å². The molecule has 2 atom stereocenters. The van der Waals surface area contributed by atoms with Crippen molar-refractivity contribution >= 4 is 23.4 Å². The van der Waals surface area contributed by atoms with Crippen LogP contribution in [0.1, 0.15) is 17.9 Å². The molecule has 1 aliphatic heterocycles. The van der Waals surface area contributed by atoms with Crippen molar-refractivity contribution in [1.29, 1.82) is 0 Å². The summed E-state index contributed by atoms with van der Waals surface area (Å²) in [4.78, 5) is 0. The van der Waals surface area contributed by atoms with Crippen LogP contribution in [0, 0.1) is 0 Å². The molecule has 0 bridgehead atoms. The zero-order chi connectivity index (χ0) is 9.97. The summed E-state index contributed by atoms with van der Waals surface area (Å²) in [5, 5.41) is 0.810. The molecule has 0 spiro atoms. The third-order valence-corrected chi connectivity index (χ3v) is 4.04. The zero-order valence-electron chi connectivity index (χ0n) is 7.95. The number of hydrogen-bond donors (Lipinski definition) is 1. The third kappa shape index (κ3) is 2.25. The van der Waals surface area contributed by atoms with Crippen LogP contribution in [0.5, 0.6) is 0 Å². The van der Waals surface area contributed by atoms with E-state index in [0.717, 1.165) is 17.2 Å². The van der Waals surface area contributed by atoms with Crippen molar-refractivity contribution in [2.45, 2.75) is 18.4 Å². The normalized spacial score (nSPS) is 27.6. The van der Waals surface area contributed by atoms with Crippen LogP contribution in [0.3, 0.4) is 0 Å². The molecule has 1 heterocycles. The SMILES string of the molecule is NC1CCSCC1c1cccc(Cl)c1. The molecule has 1 aromatic rings. The van der Waals surface area contributed by atoms with Crippen LogP contribution >= 0.6 is 23.4 Å². The van der Waals surface area contributed by atoms with Gasteiger partial charge in [0, 0.05) is 22.7 Å². The van der Waals surface area contributed by atoms with Gasteiger partial charge < -0.3 is 5.73 Å². The van der Waals surface area contributed by atoms with E-state index in [0.29, 0.717) is 12.0 Å². The van der Waals surface area contributed by atoms with E-state index in [9.17, 15) is 0 Å². The minimum Gasteiger partial charge on any atom is -0.327 e. The fourth-order valence-electron chi connectivity index (χ4n) is 1.84. The van der Waals surface area contributed by atoms with Gasteiger partial charge in [0.05, 0.1) is 0 Å². The monoisotopic (exact) mass is 227 g/mol. The third-order valence-electron chi connectivity index (χ3n) is 2.69. The first-order chi connectivity index (χ1) is 6.77. The summed E-state index contributed by atoms with van der Waals surface area (Å²) >= 11 is 7.95. The predicted octanol–water partition coefficient (Wildman–Crippen LogP) is 2.89. The Hall–Kier alpha value is -0.180. The molecule has 1 fully saturated rings. The second kappa shape index (κ2) is 4.56. The summed E-state index contributed by atoms with van der Waals surface area (Å²) in [6, 6.07) is 8.38. The number of halogens is 1. The van der Waals surface area contributed by atoms with Crippen LogP contribution in [-0.2, 0) is 0 Å². The molecule has 0 aliphatic carbocycles. The fourth-order valence-corrected chi connectivity index (χ4v) is 3.33.